The van der Waals surface area contributed by atoms with Gasteiger partial charge in [0.2, 0.25) is 11.1 Å². The third-order valence-electron chi connectivity index (χ3n) is 4.48. The minimum absolute atomic E-state index is 0.0613. The molecule has 8 nitrogen and oxygen atoms in total. The van der Waals surface area contributed by atoms with Gasteiger partial charge in [-0.05, 0) is 47.9 Å². The summed E-state index contributed by atoms with van der Waals surface area (Å²) in [6.45, 7) is 2.92. The summed E-state index contributed by atoms with van der Waals surface area (Å²) in [7, 11) is 1.60. The summed E-state index contributed by atoms with van der Waals surface area (Å²) in [6, 6.07) is 6.01. The van der Waals surface area contributed by atoms with E-state index >= 15 is 0 Å². The van der Waals surface area contributed by atoms with E-state index in [0.29, 0.717) is 35.8 Å². The maximum absolute atomic E-state index is 12.2. The van der Waals surface area contributed by atoms with Crippen molar-refractivity contribution in [3.05, 3.63) is 23.8 Å². The Kier molecular flexibility index (Phi) is 6.92. The van der Waals surface area contributed by atoms with E-state index < -0.39 is 0 Å². The lowest BCUT2D eigenvalue weighted by molar-refractivity contribution is -0.118. The van der Waals surface area contributed by atoms with Crippen LogP contribution in [0.1, 0.15) is 44.2 Å². The van der Waals surface area contributed by atoms with Crippen LogP contribution in [-0.2, 0) is 11.3 Å². The second kappa shape index (κ2) is 9.59. The molecule has 1 aliphatic rings. The molecular formula is C18H25N5O3S. The number of methoxy groups -OCH3 is 1. The van der Waals surface area contributed by atoms with Gasteiger partial charge in [-0.25, -0.2) is 4.68 Å². The molecule has 1 aromatic carbocycles. The maximum atomic E-state index is 12.2. The molecule has 1 saturated carbocycles. The van der Waals surface area contributed by atoms with Crippen molar-refractivity contribution in [2.75, 3.05) is 19.5 Å². The predicted octanol–water partition coefficient (Wildman–Crippen LogP) is 2.60. The fourth-order valence-corrected chi connectivity index (χ4v) is 3.91. The number of thioether (sulfide) groups is 1. The first-order valence-corrected chi connectivity index (χ1v) is 10.2. The van der Waals surface area contributed by atoms with E-state index in [1.807, 2.05) is 29.8 Å². The molecule has 0 atom stereocenters. The van der Waals surface area contributed by atoms with Crippen molar-refractivity contribution >= 4 is 17.7 Å². The van der Waals surface area contributed by atoms with Gasteiger partial charge in [-0.2, -0.15) is 0 Å². The van der Waals surface area contributed by atoms with Crippen LogP contribution < -0.4 is 14.8 Å². The van der Waals surface area contributed by atoms with Crippen LogP contribution in [0.3, 0.4) is 0 Å². The summed E-state index contributed by atoms with van der Waals surface area (Å²) >= 11 is 1.37. The lowest BCUT2D eigenvalue weighted by Crippen LogP contribution is -2.24. The number of amides is 1. The Morgan fingerprint density at radius 1 is 1.33 bits per heavy atom. The molecule has 146 valence electrons. The molecule has 1 fully saturated rings. The average molecular weight is 391 g/mol. The van der Waals surface area contributed by atoms with Gasteiger partial charge in [0.15, 0.2) is 11.5 Å². The lowest BCUT2D eigenvalue weighted by atomic mass is 10.2. The zero-order valence-electron chi connectivity index (χ0n) is 15.7. The maximum Gasteiger partial charge on any atom is 0.230 e. The van der Waals surface area contributed by atoms with Crippen molar-refractivity contribution in [1.29, 1.82) is 0 Å². The third kappa shape index (κ3) is 5.12. The number of aromatic nitrogens is 4. The monoisotopic (exact) mass is 391 g/mol. The highest BCUT2D eigenvalue weighted by molar-refractivity contribution is 7.99. The first-order chi connectivity index (χ1) is 13.2. The number of rotatable bonds is 9. The SMILES string of the molecule is CCOc1ccc(CNC(=O)CSc2nnnn2C2CCCC2)cc1OC. The molecule has 0 saturated heterocycles. The minimum atomic E-state index is -0.0613. The molecule has 0 bridgehead atoms. The van der Waals surface area contributed by atoms with Crippen LogP contribution >= 0.6 is 11.8 Å². The van der Waals surface area contributed by atoms with Crippen LogP contribution in [0, 0.1) is 0 Å². The predicted molar refractivity (Wildman–Crippen MR) is 102 cm³/mol. The molecule has 3 rings (SSSR count). The van der Waals surface area contributed by atoms with Crippen LogP contribution in [0.5, 0.6) is 11.5 Å². The fraction of sp³-hybridized carbons (Fsp3) is 0.556. The van der Waals surface area contributed by atoms with Gasteiger partial charge in [0.05, 0.1) is 25.5 Å². The number of benzene rings is 1. The van der Waals surface area contributed by atoms with E-state index in [2.05, 4.69) is 20.8 Å². The van der Waals surface area contributed by atoms with E-state index in [-0.39, 0.29) is 11.7 Å². The Morgan fingerprint density at radius 3 is 2.89 bits per heavy atom. The number of nitrogens with one attached hydrogen (secondary N) is 1. The highest BCUT2D eigenvalue weighted by atomic mass is 32.2. The Balaban J connectivity index is 1.50. The van der Waals surface area contributed by atoms with Gasteiger partial charge in [0.1, 0.15) is 0 Å². The molecule has 1 N–H and O–H groups in total. The molecule has 1 heterocycles. The molecule has 1 aromatic heterocycles. The molecule has 0 aliphatic heterocycles. The Bertz CT molecular complexity index is 761. The van der Waals surface area contributed by atoms with Gasteiger partial charge in [-0.3, -0.25) is 4.79 Å². The summed E-state index contributed by atoms with van der Waals surface area (Å²) in [4.78, 5) is 12.2. The molecule has 1 amide bonds. The average Bonchev–Trinajstić information content (AvgIpc) is 3.36. The first-order valence-electron chi connectivity index (χ1n) is 9.18. The van der Waals surface area contributed by atoms with E-state index in [1.54, 1.807) is 7.11 Å². The van der Waals surface area contributed by atoms with Crippen molar-refractivity contribution in [3.63, 3.8) is 0 Å². The molecule has 0 unspecified atom stereocenters. The first kappa shape index (κ1) is 19.5. The quantitative estimate of drug-likeness (QED) is 0.657. The van der Waals surface area contributed by atoms with Crippen LogP contribution in [0.15, 0.2) is 23.4 Å². The molecule has 0 spiro atoms. The van der Waals surface area contributed by atoms with Crippen LogP contribution in [0.2, 0.25) is 0 Å². The highest BCUT2D eigenvalue weighted by Crippen LogP contribution is 2.31. The lowest BCUT2D eigenvalue weighted by Gasteiger charge is -2.12. The van der Waals surface area contributed by atoms with Crippen LogP contribution in [0.4, 0.5) is 0 Å². The largest absolute Gasteiger partial charge is 0.493 e. The van der Waals surface area contributed by atoms with E-state index in [4.69, 9.17) is 9.47 Å². The molecule has 2 aromatic rings. The molecule has 27 heavy (non-hydrogen) atoms. The van der Waals surface area contributed by atoms with Gasteiger partial charge in [0.25, 0.3) is 0 Å². The van der Waals surface area contributed by atoms with Crippen molar-refractivity contribution in [3.8, 4) is 11.5 Å². The smallest absolute Gasteiger partial charge is 0.230 e. The van der Waals surface area contributed by atoms with Gasteiger partial charge in [-0.1, -0.05) is 30.7 Å². The van der Waals surface area contributed by atoms with Crippen molar-refractivity contribution in [2.45, 2.75) is 50.4 Å². The molecule has 1 aliphatic carbocycles. The summed E-state index contributed by atoms with van der Waals surface area (Å²) < 4.78 is 12.7. The standard InChI is InChI=1S/C18H25N5O3S/c1-3-26-15-9-8-13(10-16(15)25-2)11-19-17(24)12-27-18-20-21-22-23(18)14-6-4-5-7-14/h8-10,14H,3-7,11-12H2,1-2H3,(H,19,24). The van der Waals surface area contributed by atoms with Gasteiger partial charge in [-0.15, -0.1) is 5.10 Å². The van der Waals surface area contributed by atoms with Crippen molar-refractivity contribution in [1.82, 2.24) is 25.5 Å². The second-order valence-corrected chi connectivity index (χ2v) is 7.27. The number of tetrazole rings is 1. The van der Waals surface area contributed by atoms with Gasteiger partial charge >= 0.3 is 0 Å². The van der Waals surface area contributed by atoms with E-state index in [0.717, 1.165) is 18.4 Å². The Labute approximate surface area is 163 Å². The Morgan fingerprint density at radius 2 is 2.15 bits per heavy atom. The van der Waals surface area contributed by atoms with Crippen LogP contribution in [0.25, 0.3) is 0 Å². The van der Waals surface area contributed by atoms with Gasteiger partial charge in [0, 0.05) is 6.54 Å². The summed E-state index contributed by atoms with van der Waals surface area (Å²) in [6.07, 6.45) is 4.62. The number of carbonyl (C=O) groups excluding carboxylic acids is 1. The number of hydrogen-bond donors (Lipinski definition) is 1. The van der Waals surface area contributed by atoms with E-state index in [1.165, 1.54) is 24.6 Å². The van der Waals surface area contributed by atoms with Crippen molar-refractivity contribution < 1.29 is 14.3 Å². The van der Waals surface area contributed by atoms with Gasteiger partial charge < -0.3 is 14.8 Å². The normalized spacial score (nSPS) is 14.3. The summed E-state index contributed by atoms with van der Waals surface area (Å²) in [5.74, 6) is 1.58. The topological polar surface area (TPSA) is 91.2 Å². The van der Waals surface area contributed by atoms with E-state index in [9.17, 15) is 4.79 Å². The Hall–Kier alpha value is -2.29. The molecule has 9 heteroatoms. The number of nitrogens with zero attached hydrogens (tertiary/aromatic N) is 4. The van der Waals surface area contributed by atoms with Crippen LogP contribution in [-0.4, -0.2) is 45.6 Å². The summed E-state index contributed by atoms with van der Waals surface area (Å²) in [5.41, 5.74) is 0.949. The zero-order chi connectivity index (χ0) is 19.1. The second-order valence-electron chi connectivity index (χ2n) is 6.33. The number of ether oxygens (including phenoxy) is 2. The zero-order valence-corrected chi connectivity index (χ0v) is 16.5. The molecular weight excluding hydrogens is 366 g/mol. The number of carbonyl (C=O) groups is 1. The third-order valence-corrected chi connectivity index (χ3v) is 5.42. The highest BCUT2D eigenvalue weighted by Gasteiger charge is 2.22. The molecule has 0 radical (unpaired) electrons. The number of hydrogen-bond acceptors (Lipinski definition) is 7. The minimum Gasteiger partial charge on any atom is -0.493 e. The van der Waals surface area contributed by atoms with Crippen molar-refractivity contribution in [2.24, 2.45) is 0 Å². The fourth-order valence-electron chi connectivity index (χ4n) is 3.14. The summed E-state index contributed by atoms with van der Waals surface area (Å²) in [5, 5.41) is 15.5.